The second-order valence-corrected chi connectivity index (χ2v) is 15.7. The van der Waals surface area contributed by atoms with Crippen molar-refractivity contribution in [1.29, 1.82) is 0 Å². The third-order valence-electron chi connectivity index (χ3n) is 12.5. The van der Waals surface area contributed by atoms with E-state index in [-0.39, 0.29) is 35.8 Å². The van der Waals surface area contributed by atoms with E-state index in [0.717, 1.165) is 29.9 Å². The predicted molar refractivity (Wildman–Crippen MR) is 206 cm³/mol. The molecule has 0 spiro atoms. The average Bonchev–Trinajstić information content (AvgIpc) is 3.58. The number of aryl methyl sites for hydroxylation is 2. The second kappa shape index (κ2) is 13.0. The van der Waals surface area contributed by atoms with E-state index in [1.807, 2.05) is 80.6 Å². The van der Waals surface area contributed by atoms with Crippen LogP contribution >= 0.6 is 11.6 Å². The first-order valence-corrected chi connectivity index (χ1v) is 19.0. The summed E-state index contributed by atoms with van der Waals surface area (Å²) >= 11 is 6.44. The highest BCUT2D eigenvalue weighted by molar-refractivity contribution is 6.32. The van der Waals surface area contributed by atoms with E-state index in [2.05, 4.69) is 11.0 Å². The van der Waals surface area contributed by atoms with Crippen LogP contribution < -0.4 is 14.7 Å². The molecule has 0 bridgehead atoms. The first-order valence-electron chi connectivity index (χ1n) is 18.6. The SMILES string of the molecule is Cc1cc(C2C3=CCC4C(=O)N(c5ccc(N6CCOCC6)cc5)C(=O)C4C3CC3C(=O)N(c4cccc(Cl)c4)C(=O)C32c2ccccc2)cc(C)c1O. The number of nitrogens with zero attached hydrogens (tertiary/aromatic N) is 3. The Bertz CT molecular complexity index is 2230. The number of allylic oxidation sites excluding steroid dienone is 2. The number of hydrogen-bond donors (Lipinski definition) is 1. The monoisotopic (exact) mass is 741 g/mol. The molecule has 0 aromatic heterocycles. The van der Waals surface area contributed by atoms with Gasteiger partial charge in [-0.05, 0) is 97.3 Å². The molecule has 6 atom stereocenters. The van der Waals surface area contributed by atoms with Crippen molar-refractivity contribution in [2.24, 2.45) is 23.7 Å². The van der Waals surface area contributed by atoms with Gasteiger partial charge in [-0.2, -0.15) is 0 Å². The van der Waals surface area contributed by atoms with Gasteiger partial charge in [-0.3, -0.25) is 24.1 Å². The van der Waals surface area contributed by atoms with Gasteiger partial charge in [0, 0.05) is 29.7 Å². The lowest BCUT2D eigenvalue weighted by molar-refractivity contribution is -0.127. The number of amides is 4. The molecule has 274 valence electrons. The van der Waals surface area contributed by atoms with Crippen molar-refractivity contribution < 1.29 is 29.0 Å². The summed E-state index contributed by atoms with van der Waals surface area (Å²) < 4.78 is 5.50. The number of phenolic OH excluding ortho intramolecular Hbond substituents is 1. The molecular formula is C44H40ClN3O6. The first-order chi connectivity index (χ1) is 26.1. The van der Waals surface area contributed by atoms with Crippen molar-refractivity contribution in [3.63, 3.8) is 0 Å². The number of rotatable bonds is 5. The summed E-state index contributed by atoms with van der Waals surface area (Å²) in [5.41, 5.74) is 4.15. The number of morpholine rings is 1. The number of hydrogen-bond acceptors (Lipinski definition) is 7. The molecule has 9 rings (SSSR count). The van der Waals surface area contributed by atoms with Crippen LogP contribution in [0.5, 0.6) is 5.75 Å². The van der Waals surface area contributed by atoms with Gasteiger partial charge in [-0.1, -0.05) is 71.8 Å². The van der Waals surface area contributed by atoms with Crippen LogP contribution in [0.2, 0.25) is 5.02 Å². The number of anilines is 3. The third kappa shape index (κ3) is 5.01. The molecule has 4 aromatic rings. The number of benzene rings is 4. The number of phenols is 1. The number of carbonyl (C=O) groups excluding carboxylic acids is 4. The summed E-state index contributed by atoms with van der Waals surface area (Å²) in [6, 6.07) is 27.6. The van der Waals surface area contributed by atoms with Crippen LogP contribution in [-0.4, -0.2) is 55.0 Å². The number of carbonyl (C=O) groups is 4. The van der Waals surface area contributed by atoms with Crippen LogP contribution in [0.15, 0.2) is 103 Å². The van der Waals surface area contributed by atoms with Gasteiger partial charge in [0.1, 0.15) is 5.75 Å². The van der Waals surface area contributed by atoms with Gasteiger partial charge in [0.15, 0.2) is 0 Å². The molecule has 4 amide bonds. The molecule has 2 aliphatic carbocycles. The Morgan fingerprint density at radius 1 is 0.741 bits per heavy atom. The topological polar surface area (TPSA) is 107 Å². The Morgan fingerprint density at radius 2 is 1.43 bits per heavy atom. The van der Waals surface area contributed by atoms with E-state index in [0.29, 0.717) is 52.7 Å². The highest BCUT2D eigenvalue weighted by Crippen LogP contribution is 2.64. The molecule has 5 aliphatic rings. The minimum atomic E-state index is -1.38. The number of halogens is 1. The van der Waals surface area contributed by atoms with Gasteiger partial charge < -0.3 is 14.7 Å². The minimum Gasteiger partial charge on any atom is -0.507 e. The second-order valence-electron chi connectivity index (χ2n) is 15.2. The number of fused-ring (bicyclic) bond motifs is 4. The highest BCUT2D eigenvalue weighted by Gasteiger charge is 2.70. The summed E-state index contributed by atoms with van der Waals surface area (Å²) in [4.78, 5) is 64.3. The Morgan fingerprint density at radius 3 is 2.11 bits per heavy atom. The predicted octanol–water partition coefficient (Wildman–Crippen LogP) is 6.87. The minimum absolute atomic E-state index is 0.162. The molecule has 1 saturated carbocycles. The molecule has 54 heavy (non-hydrogen) atoms. The lowest BCUT2D eigenvalue weighted by Crippen LogP contribution is -2.53. The quantitative estimate of drug-likeness (QED) is 0.176. The van der Waals surface area contributed by atoms with Crippen LogP contribution in [0, 0.1) is 37.5 Å². The summed E-state index contributed by atoms with van der Waals surface area (Å²) in [6.07, 6.45) is 2.59. The molecule has 1 N–H and O–H groups in total. The van der Waals surface area contributed by atoms with Gasteiger partial charge >= 0.3 is 0 Å². The summed E-state index contributed by atoms with van der Waals surface area (Å²) in [7, 11) is 0. The van der Waals surface area contributed by atoms with Crippen LogP contribution in [0.25, 0.3) is 0 Å². The zero-order valence-electron chi connectivity index (χ0n) is 30.1. The maximum absolute atomic E-state index is 15.4. The largest absolute Gasteiger partial charge is 0.507 e. The van der Waals surface area contributed by atoms with E-state index < -0.39 is 35.0 Å². The Kier molecular flexibility index (Phi) is 8.28. The average molecular weight is 742 g/mol. The fourth-order valence-corrected chi connectivity index (χ4v) is 10.3. The van der Waals surface area contributed by atoms with E-state index in [1.54, 1.807) is 24.3 Å². The molecule has 3 heterocycles. The van der Waals surface area contributed by atoms with Crippen molar-refractivity contribution in [2.45, 2.75) is 38.0 Å². The van der Waals surface area contributed by atoms with Crippen molar-refractivity contribution >= 4 is 52.3 Å². The Labute approximate surface area is 318 Å². The molecule has 9 nitrogen and oxygen atoms in total. The molecule has 0 radical (unpaired) electrons. The number of ether oxygens (including phenoxy) is 1. The van der Waals surface area contributed by atoms with E-state index in [9.17, 15) is 19.5 Å². The smallest absolute Gasteiger partial charge is 0.246 e. The van der Waals surface area contributed by atoms with Gasteiger partial charge in [0.05, 0.1) is 47.8 Å². The van der Waals surface area contributed by atoms with Crippen LogP contribution in [-0.2, 0) is 29.3 Å². The van der Waals surface area contributed by atoms with E-state index in [1.165, 1.54) is 9.80 Å². The molecule has 3 saturated heterocycles. The van der Waals surface area contributed by atoms with E-state index in [4.69, 9.17) is 16.3 Å². The molecule has 4 aromatic carbocycles. The van der Waals surface area contributed by atoms with Crippen LogP contribution in [0.1, 0.15) is 41.0 Å². The standard InChI is InChI=1S/C44H40ClN3O6/c1-25-21-27(22-26(2)39(25)49)38-33-15-16-34-37(42(52)47(40(34)50)31-13-11-30(12-14-31)46-17-19-54-20-18-46)35(33)24-36-41(51)48(32-10-6-9-29(45)23-32)43(53)44(36,38)28-7-4-3-5-8-28/h3-15,21-23,34-38,49H,16-20,24H2,1-2H3. The fraction of sp³-hybridized carbons (Fsp3) is 0.318. The normalized spacial score (nSPS) is 27.9. The Balaban J connectivity index is 1.19. The van der Waals surface area contributed by atoms with E-state index >= 15 is 4.79 Å². The summed E-state index contributed by atoms with van der Waals surface area (Å²) in [5, 5.41) is 11.3. The number of imide groups is 2. The molecule has 10 heteroatoms. The Hall–Kier alpha value is -5.25. The molecular weight excluding hydrogens is 702 g/mol. The maximum atomic E-state index is 15.4. The molecule has 3 aliphatic heterocycles. The van der Waals surface area contributed by atoms with Crippen molar-refractivity contribution in [1.82, 2.24) is 0 Å². The van der Waals surface area contributed by atoms with Gasteiger partial charge in [-0.25, -0.2) is 4.90 Å². The maximum Gasteiger partial charge on any atom is 0.246 e. The van der Waals surface area contributed by atoms with Crippen molar-refractivity contribution in [2.75, 3.05) is 41.0 Å². The number of aromatic hydroxyl groups is 1. The van der Waals surface area contributed by atoms with Crippen molar-refractivity contribution in [3.05, 3.63) is 130 Å². The fourth-order valence-electron chi connectivity index (χ4n) is 10.2. The van der Waals surface area contributed by atoms with Crippen LogP contribution in [0.4, 0.5) is 17.1 Å². The zero-order chi connectivity index (χ0) is 37.5. The lowest BCUT2D eigenvalue weighted by Gasteiger charge is -2.51. The molecule has 6 unspecified atom stereocenters. The van der Waals surface area contributed by atoms with Gasteiger partial charge in [-0.15, -0.1) is 0 Å². The van der Waals surface area contributed by atoms with Gasteiger partial charge in [0.2, 0.25) is 23.6 Å². The third-order valence-corrected chi connectivity index (χ3v) is 12.7. The van der Waals surface area contributed by atoms with Gasteiger partial charge in [0.25, 0.3) is 0 Å². The first kappa shape index (κ1) is 34.5. The van der Waals surface area contributed by atoms with Crippen LogP contribution in [0.3, 0.4) is 0 Å². The summed E-state index contributed by atoms with van der Waals surface area (Å²) in [6.45, 7) is 6.48. The zero-order valence-corrected chi connectivity index (χ0v) is 30.8. The molecule has 4 fully saturated rings. The lowest BCUT2D eigenvalue weighted by atomic mass is 9.49. The highest BCUT2D eigenvalue weighted by atomic mass is 35.5. The van der Waals surface area contributed by atoms with Crippen molar-refractivity contribution in [3.8, 4) is 5.75 Å². The summed E-state index contributed by atoms with van der Waals surface area (Å²) in [5.74, 6) is -4.44.